The van der Waals surface area contributed by atoms with Crippen LogP contribution in [0.5, 0.6) is 0 Å². The normalized spacial score (nSPS) is 24.2. The Morgan fingerprint density at radius 1 is 1.37 bits per heavy atom. The summed E-state index contributed by atoms with van der Waals surface area (Å²) >= 11 is 0. The zero-order valence-corrected chi connectivity index (χ0v) is 11.1. The van der Waals surface area contributed by atoms with Gasteiger partial charge in [0.1, 0.15) is 0 Å². The summed E-state index contributed by atoms with van der Waals surface area (Å²) in [6.45, 7) is 1.14. The molecule has 0 aromatic heterocycles. The van der Waals surface area contributed by atoms with Crippen LogP contribution in [0, 0.1) is 5.92 Å². The van der Waals surface area contributed by atoms with Gasteiger partial charge in [-0.25, -0.2) is 0 Å². The maximum absolute atomic E-state index is 12.6. The molecule has 0 spiro atoms. The lowest BCUT2D eigenvalue weighted by atomic mass is 9.85. The van der Waals surface area contributed by atoms with Crippen molar-refractivity contribution in [1.29, 1.82) is 0 Å². The van der Waals surface area contributed by atoms with Crippen LogP contribution in [0.4, 0.5) is 13.2 Å². The molecule has 2 atom stereocenters. The van der Waals surface area contributed by atoms with Gasteiger partial charge in [0, 0.05) is 19.7 Å². The molecule has 1 aliphatic rings. The molecule has 0 radical (unpaired) electrons. The molecule has 1 fully saturated rings. The Morgan fingerprint density at radius 3 is 2.74 bits per heavy atom. The Balaban J connectivity index is 2.26. The van der Waals surface area contributed by atoms with E-state index in [4.69, 9.17) is 4.74 Å². The number of carbonyl (C=O) groups is 1. The fourth-order valence-corrected chi connectivity index (χ4v) is 2.27. The average Bonchev–Trinajstić information content (AvgIpc) is 2.34. The Labute approximate surface area is 111 Å². The van der Waals surface area contributed by atoms with Gasteiger partial charge in [-0.05, 0) is 19.3 Å². The Hall–Kier alpha value is -0.820. The fraction of sp³-hybridized carbons (Fsp3) is 0.917. The van der Waals surface area contributed by atoms with Crippen molar-refractivity contribution in [3.05, 3.63) is 0 Å². The van der Waals surface area contributed by atoms with Gasteiger partial charge in [-0.3, -0.25) is 4.79 Å². The van der Waals surface area contributed by atoms with Crippen LogP contribution in [-0.2, 0) is 9.53 Å². The predicted molar refractivity (Wildman–Crippen MR) is 64.7 cm³/mol. The number of carbonyl (C=O) groups excluding carboxylic acids is 1. The van der Waals surface area contributed by atoms with Gasteiger partial charge < -0.3 is 15.4 Å². The molecule has 0 aliphatic heterocycles. The maximum Gasteiger partial charge on any atom is 0.391 e. The van der Waals surface area contributed by atoms with E-state index in [1.165, 1.54) is 0 Å². The summed E-state index contributed by atoms with van der Waals surface area (Å²) in [4.78, 5) is 11.5. The lowest BCUT2D eigenvalue weighted by molar-refractivity contribution is -0.184. The van der Waals surface area contributed by atoms with Crippen LogP contribution in [0.2, 0.25) is 0 Å². The van der Waals surface area contributed by atoms with Crippen molar-refractivity contribution < 1.29 is 22.7 Å². The number of hydrogen-bond donors (Lipinski definition) is 2. The minimum atomic E-state index is -4.15. The van der Waals surface area contributed by atoms with E-state index in [1.54, 1.807) is 7.11 Å². The zero-order valence-electron chi connectivity index (χ0n) is 11.1. The van der Waals surface area contributed by atoms with E-state index in [2.05, 4.69) is 10.6 Å². The topological polar surface area (TPSA) is 50.4 Å². The first-order valence-corrected chi connectivity index (χ1v) is 6.49. The standard InChI is InChI=1S/C12H21F3N2O2/c1-19-6-5-16-8-11(18)17-10-4-2-3-9(7-10)12(13,14)15/h9-10,16H,2-8H2,1H3,(H,17,18). The van der Waals surface area contributed by atoms with Crippen LogP contribution in [0.3, 0.4) is 0 Å². The van der Waals surface area contributed by atoms with Crippen LogP contribution in [-0.4, -0.2) is 44.9 Å². The maximum atomic E-state index is 12.6. The van der Waals surface area contributed by atoms with Crippen molar-refractivity contribution in [2.24, 2.45) is 5.92 Å². The number of rotatable bonds is 6. The number of ether oxygens (including phenoxy) is 1. The molecule has 4 nitrogen and oxygen atoms in total. The van der Waals surface area contributed by atoms with Crippen LogP contribution < -0.4 is 10.6 Å². The third-order valence-electron chi connectivity index (χ3n) is 3.27. The Morgan fingerprint density at radius 2 is 2.11 bits per heavy atom. The summed E-state index contributed by atoms with van der Waals surface area (Å²) in [5.74, 6) is -1.54. The van der Waals surface area contributed by atoms with E-state index >= 15 is 0 Å². The van der Waals surface area contributed by atoms with Gasteiger partial charge in [-0.2, -0.15) is 13.2 Å². The molecule has 1 saturated carbocycles. The molecule has 19 heavy (non-hydrogen) atoms. The molecule has 0 saturated heterocycles. The summed E-state index contributed by atoms with van der Waals surface area (Å²) < 4.78 is 42.6. The van der Waals surface area contributed by atoms with Crippen molar-refractivity contribution in [3.8, 4) is 0 Å². The number of amides is 1. The lowest BCUT2D eigenvalue weighted by Gasteiger charge is -2.31. The van der Waals surface area contributed by atoms with Crippen molar-refractivity contribution in [2.75, 3.05) is 26.8 Å². The molecular weight excluding hydrogens is 261 g/mol. The lowest BCUT2D eigenvalue weighted by Crippen LogP contribution is -2.44. The zero-order chi connectivity index (χ0) is 14.3. The Bertz CT molecular complexity index is 285. The summed E-state index contributed by atoms with van der Waals surface area (Å²) in [6.07, 6.45) is -2.86. The van der Waals surface area contributed by atoms with Gasteiger partial charge in [0.25, 0.3) is 0 Å². The molecule has 1 rings (SSSR count). The molecular formula is C12H21F3N2O2. The summed E-state index contributed by atoms with van der Waals surface area (Å²) in [6, 6.07) is -0.364. The first-order valence-electron chi connectivity index (χ1n) is 6.49. The van der Waals surface area contributed by atoms with E-state index < -0.39 is 12.1 Å². The third-order valence-corrected chi connectivity index (χ3v) is 3.27. The SMILES string of the molecule is COCCNCC(=O)NC1CCCC(C(F)(F)F)C1. The van der Waals surface area contributed by atoms with E-state index in [9.17, 15) is 18.0 Å². The van der Waals surface area contributed by atoms with E-state index in [0.29, 0.717) is 26.0 Å². The van der Waals surface area contributed by atoms with Gasteiger partial charge in [-0.1, -0.05) is 6.42 Å². The number of alkyl halides is 3. The molecule has 0 aromatic carbocycles. The highest BCUT2D eigenvalue weighted by Gasteiger charge is 2.42. The molecule has 2 unspecified atom stereocenters. The van der Waals surface area contributed by atoms with Crippen molar-refractivity contribution in [3.63, 3.8) is 0 Å². The third kappa shape index (κ3) is 6.24. The van der Waals surface area contributed by atoms with Crippen LogP contribution >= 0.6 is 0 Å². The van der Waals surface area contributed by atoms with Crippen LogP contribution in [0.1, 0.15) is 25.7 Å². The highest BCUT2D eigenvalue weighted by Crippen LogP contribution is 2.37. The quantitative estimate of drug-likeness (QED) is 0.725. The van der Waals surface area contributed by atoms with Crippen molar-refractivity contribution >= 4 is 5.91 Å². The van der Waals surface area contributed by atoms with Gasteiger partial charge in [0.05, 0.1) is 19.1 Å². The number of methoxy groups -OCH3 is 1. The second kappa shape index (κ2) is 7.69. The van der Waals surface area contributed by atoms with Crippen molar-refractivity contribution in [2.45, 2.75) is 37.9 Å². The molecule has 0 aromatic rings. The first kappa shape index (κ1) is 16.2. The molecule has 112 valence electrons. The van der Waals surface area contributed by atoms with E-state index in [-0.39, 0.29) is 31.3 Å². The van der Waals surface area contributed by atoms with Crippen LogP contribution in [0.15, 0.2) is 0 Å². The predicted octanol–water partition coefficient (Wildman–Crippen LogP) is 1.46. The molecule has 0 heterocycles. The van der Waals surface area contributed by atoms with Gasteiger partial charge >= 0.3 is 6.18 Å². The van der Waals surface area contributed by atoms with Gasteiger partial charge in [0.2, 0.25) is 5.91 Å². The Kier molecular flexibility index (Phi) is 6.57. The summed E-state index contributed by atoms with van der Waals surface area (Å²) in [5, 5.41) is 5.51. The highest BCUT2D eigenvalue weighted by atomic mass is 19.4. The minimum Gasteiger partial charge on any atom is -0.383 e. The monoisotopic (exact) mass is 282 g/mol. The van der Waals surface area contributed by atoms with Gasteiger partial charge in [0.15, 0.2) is 0 Å². The summed E-state index contributed by atoms with van der Waals surface area (Å²) in [7, 11) is 1.56. The summed E-state index contributed by atoms with van der Waals surface area (Å²) in [5.41, 5.74) is 0. The molecule has 0 bridgehead atoms. The average molecular weight is 282 g/mol. The van der Waals surface area contributed by atoms with E-state index in [1.807, 2.05) is 0 Å². The fourth-order valence-electron chi connectivity index (χ4n) is 2.27. The van der Waals surface area contributed by atoms with E-state index in [0.717, 1.165) is 0 Å². The molecule has 7 heteroatoms. The first-order chi connectivity index (χ1) is 8.93. The van der Waals surface area contributed by atoms with Gasteiger partial charge in [-0.15, -0.1) is 0 Å². The van der Waals surface area contributed by atoms with Crippen LogP contribution in [0.25, 0.3) is 0 Å². The number of halogens is 3. The minimum absolute atomic E-state index is 0.00664. The smallest absolute Gasteiger partial charge is 0.383 e. The second-order valence-corrected chi connectivity index (χ2v) is 4.84. The number of hydrogen-bond acceptors (Lipinski definition) is 3. The van der Waals surface area contributed by atoms with Crippen molar-refractivity contribution in [1.82, 2.24) is 10.6 Å². The molecule has 2 N–H and O–H groups in total. The molecule has 1 aliphatic carbocycles. The molecule has 1 amide bonds. The second-order valence-electron chi connectivity index (χ2n) is 4.84. The largest absolute Gasteiger partial charge is 0.391 e. The highest BCUT2D eigenvalue weighted by molar-refractivity contribution is 5.78. The number of nitrogens with one attached hydrogen (secondary N) is 2.